The molecule has 1 heterocycles. The predicted molar refractivity (Wildman–Crippen MR) is 92.5 cm³/mol. The highest BCUT2D eigenvalue weighted by Gasteiger charge is 2.11. The van der Waals surface area contributed by atoms with Crippen LogP contribution >= 0.6 is 0 Å². The van der Waals surface area contributed by atoms with Crippen LogP contribution in [0.25, 0.3) is 11.0 Å². The molecule has 0 saturated heterocycles. The molecule has 2 aromatic carbocycles. The van der Waals surface area contributed by atoms with Gasteiger partial charge < -0.3 is 0 Å². The maximum absolute atomic E-state index is 12.1. The Labute approximate surface area is 138 Å². The van der Waals surface area contributed by atoms with Gasteiger partial charge in [0.15, 0.2) is 0 Å². The number of rotatable bonds is 4. The molecule has 0 aliphatic heterocycles. The third-order valence-electron chi connectivity index (χ3n) is 3.74. The highest BCUT2D eigenvalue weighted by Crippen LogP contribution is 2.13. The molecule has 0 aliphatic rings. The Morgan fingerprint density at radius 1 is 1.00 bits per heavy atom. The molecule has 0 amide bonds. The van der Waals surface area contributed by atoms with E-state index in [0.29, 0.717) is 5.56 Å². The molecule has 0 atom stereocenters. The second-order valence-corrected chi connectivity index (χ2v) is 6.98. The molecule has 0 unspecified atom stereocenters. The minimum atomic E-state index is -3.69. The number of nitrogens with zero attached hydrogens (tertiary/aromatic N) is 3. The molecular formula is C16H16N4O3S. The Balaban J connectivity index is 1.86. The quantitative estimate of drug-likeness (QED) is 0.570. The van der Waals surface area contributed by atoms with E-state index in [1.165, 1.54) is 22.9 Å². The van der Waals surface area contributed by atoms with Gasteiger partial charge in [0.05, 0.1) is 22.1 Å². The van der Waals surface area contributed by atoms with Crippen molar-refractivity contribution in [3.8, 4) is 0 Å². The topological polar surface area (TPSA) is 85.5 Å². The van der Waals surface area contributed by atoms with Gasteiger partial charge in [0.2, 0.25) is 0 Å². The molecule has 3 aromatic rings. The van der Waals surface area contributed by atoms with Gasteiger partial charge in [-0.25, -0.2) is 9.63 Å². The number of nitrogens with one attached hydrogen (secondary N) is 1. The van der Waals surface area contributed by atoms with Crippen LogP contribution in [0.15, 0.2) is 63.3 Å². The number of hydrogen-bond donors (Lipinski definition) is 1. The van der Waals surface area contributed by atoms with Crippen molar-refractivity contribution >= 4 is 27.3 Å². The van der Waals surface area contributed by atoms with Gasteiger partial charge >= 0.3 is 5.69 Å². The molecule has 0 aliphatic carbocycles. The van der Waals surface area contributed by atoms with E-state index in [9.17, 15) is 13.2 Å². The fourth-order valence-electron chi connectivity index (χ4n) is 2.43. The van der Waals surface area contributed by atoms with Crippen molar-refractivity contribution in [1.29, 1.82) is 0 Å². The van der Waals surface area contributed by atoms with E-state index in [1.807, 2.05) is 0 Å². The average Bonchev–Trinajstić information content (AvgIpc) is 2.80. The standard InChI is InChI=1S/C16H16N4O3S/c1-19-14-9-8-12(10-15(14)20(2)16(19)21)11-17-18-24(22,23)13-6-4-3-5-7-13/h3-11,18H,1-2H3/b17-11+. The normalized spacial score (nSPS) is 12.1. The molecule has 1 N–H and O–H groups in total. The first-order valence-electron chi connectivity index (χ1n) is 7.15. The fourth-order valence-corrected chi connectivity index (χ4v) is 3.24. The van der Waals surface area contributed by atoms with Gasteiger partial charge in [0.1, 0.15) is 0 Å². The van der Waals surface area contributed by atoms with E-state index < -0.39 is 10.0 Å². The summed E-state index contributed by atoms with van der Waals surface area (Å²) >= 11 is 0. The van der Waals surface area contributed by atoms with Crippen LogP contribution in [0.5, 0.6) is 0 Å². The van der Waals surface area contributed by atoms with Crippen molar-refractivity contribution in [2.24, 2.45) is 19.2 Å². The van der Waals surface area contributed by atoms with Gasteiger partial charge in [0, 0.05) is 14.1 Å². The Morgan fingerprint density at radius 2 is 1.67 bits per heavy atom. The average molecular weight is 344 g/mol. The third kappa shape index (κ3) is 2.83. The van der Waals surface area contributed by atoms with Crippen molar-refractivity contribution in [3.63, 3.8) is 0 Å². The van der Waals surface area contributed by atoms with Crippen LogP contribution < -0.4 is 10.5 Å². The van der Waals surface area contributed by atoms with Gasteiger partial charge in [-0.3, -0.25) is 9.13 Å². The largest absolute Gasteiger partial charge is 0.328 e. The van der Waals surface area contributed by atoms with E-state index in [1.54, 1.807) is 55.1 Å². The van der Waals surface area contributed by atoms with Crippen LogP contribution in [-0.4, -0.2) is 23.8 Å². The Hall–Kier alpha value is -2.87. The van der Waals surface area contributed by atoms with E-state index in [4.69, 9.17) is 0 Å². The zero-order valence-corrected chi connectivity index (χ0v) is 14.0. The monoisotopic (exact) mass is 344 g/mol. The summed E-state index contributed by atoms with van der Waals surface area (Å²) in [5.41, 5.74) is 2.10. The molecule has 24 heavy (non-hydrogen) atoms. The van der Waals surface area contributed by atoms with E-state index in [0.717, 1.165) is 11.0 Å². The first-order chi connectivity index (χ1) is 11.4. The molecule has 0 bridgehead atoms. The van der Waals surface area contributed by atoms with Crippen molar-refractivity contribution in [2.75, 3.05) is 0 Å². The lowest BCUT2D eigenvalue weighted by atomic mass is 10.2. The molecule has 0 fully saturated rings. The van der Waals surface area contributed by atoms with Crippen LogP contribution in [0.1, 0.15) is 5.56 Å². The summed E-state index contributed by atoms with van der Waals surface area (Å²) in [5, 5.41) is 3.80. The lowest BCUT2D eigenvalue weighted by Gasteiger charge is -2.02. The minimum Gasteiger partial charge on any atom is -0.295 e. The first kappa shape index (κ1) is 16.0. The number of fused-ring (bicyclic) bond motifs is 1. The van der Waals surface area contributed by atoms with E-state index >= 15 is 0 Å². The van der Waals surface area contributed by atoms with Crippen LogP contribution in [-0.2, 0) is 24.1 Å². The second kappa shape index (κ2) is 5.97. The summed E-state index contributed by atoms with van der Waals surface area (Å²) in [5.74, 6) is 0. The number of imidazole rings is 1. The third-order valence-corrected chi connectivity index (χ3v) is 4.97. The zero-order valence-electron chi connectivity index (χ0n) is 13.2. The Kier molecular flexibility index (Phi) is 3.98. The molecular weight excluding hydrogens is 328 g/mol. The number of sulfonamides is 1. The van der Waals surface area contributed by atoms with Gasteiger partial charge in [-0.2, -0.15) is 13.5 Å². The number of hydrogen-bond acceptors (Lipinski definition) is 4. The van der Waals surface area contributed by atoms with Crippen LogP contribution in [0.2, 0.25) is 0 Å². The van der Waals surface area contributed by atoms with Crippen LogP contribution in [0, 0.1) is 0 Å². The molecule has 3 rings (SSSR count). The molecule has 7 nitrogen and oxygen atoms in total. The molecule has 0 saturated carbocycles. The minimum absolute atomic E-state index is 0.121. The van der Waals surface area contributed by atoms with E-state index in [-0.39, 0.29) is 10.6 Å². The molecule has 8 heteroatoms. The van der Waals surface area contributed by atoms with Gasteiger partial charge in [0.25, 0.3) is 10.0 Å². The lowest BCUT2D eigenvalue weighted by Crippen LogP contribution is -2.19. The van der Waals surface area contributed by atoms with Crippen molar-refractivity contribution in [2.45, 2.75) is 4.90 Å². The second-order valence-electron chi connectivity index (χ2n) is 5.31. The highest BCUT2D eigenvalue weighted by molar-refractivity contribution is 7.89. The fraction of sp³-hybridized carbons (Fsp3) is 0.125. The van der Waals surface area contributed by atoms with Gasteiger partial charge in [-0.1, -0.05) is 24.3 Å². The summed E-state index contributed by atoms with van der Waals surface area (Å²) in [6, 6.07) is 13.3. The summed E-state index contributed by atoms with van der Waals surface area (Å²) in [4.78, 5) is 14.2. The summed E-state index contributed by atoms with van der Waals surface area (Å²) < 4.78 is 27.2. The summed E-state index contributed by atoms with van der Waals surface area (Å²) in [6.07, 6.45) is 1.40. The molecule has 0 spiro atoms. The maximum atomic E-state index is 12.1. The van der Waals surface area contributed by atoms with Crippen molar-refractivity contribution in [3.05, 3.63) is 64.6 Å². The van der Waals surface area contributed by atoms with Crippen molar-refractivity contribution in [1.82, 2.24) is 14.0 Å². The zero-order chi connectivity index (χ0) is 17.3. The number of aromatic nitrogens is 2. The number of aryl methyl sites for hydroxylation is 2. The Bertz CT molecular complexity index is 1080. The highest BCUT2D eigenvalue weighted by atomic mass is 32.2. The van der Waals surface area contributed by atoms with Crippen LogP contribution in [0.3, 0.4) is 0 Å². The van der Waals surface area contributed by atoms with Gasteiger partial charge in [-0.05, 0) is 29.8 Å². The molecule has 1 aromatic heterocycles. The Morgan fingerprint density at radius 3 is 2.38 bits per heavy atom. The summed E-state index contributed by atoms with van der Waals surface area (Å²) in [7, 11) is -0.306. The number of benzene rings is 2. The first-order valence-corrected chi connectivity index (χ1v) is 8.64. The maximum Gasteiger partial charge on any atom is 0.328 e. The lowest BCUT2D eigenvalue weighted by molar-refractivity contribution is 0.584. The molecule has 124 valence electrons. The van der Waals surface area contributed by atoms with E-state index in [2.05, 4.69) is 9.93 Å². The number of hydrazone groups is 1. The molecule has 0 radical (unpaired) electrons. The smallest absolute Gasteiger partial charge is 0.295 e. The van der Waals surface area contributed by atoms with Gasteiger partial charge in [-0.15, -0.1) is 0 Å². The van der Waals surface area contributed by atoms with Crippen LogP contribution in [0.4, 0.5) is 0 Å². The SMILES string of the molecule is Cn1c(=O)n(C)c2cc(/C=N/NS(=O)(=O)c3ccccc3)ccc21. The van der Waals surface area contributed by atoms with Crippen molar-refractivity contribution < 1.29 is 8.42 Å². The summed E-state index contributed by atoms with van der Waals surface area (Å²) in [6.45, 7) is 0. The predicted octanol–water partition coefficient (Wildman–Crippen LogP) is 1.19.